The summed E-state index contributed by atoms with van der Waals surface area (Å²) in [6, 6.07) is 6.17. The fourth-order valence-corrected chi connectivity index (χ4v) is 2.02. The second-order valence-corrected chi connectivity index (χ2v) is 4.21. The summed E-state index contributed by atoms with van der Waals surface area (Å²) in [7, 11) is 3.28. The lowest BCUT2D eigenvalue weighted by Crippen LogP contribution is -2.09. The van der Waals surface area contributed by atoms with Crippen LogP contribution in [-0.4, -0.2) is 24.4 Å². The van der Waals surface area contributed by atoms with Crippen molar-refractivity contribution in [3.63, 3.8) is 0 Å². The Labute approximate surface area is 112 Å². The zero-order chi connectivity index (χ0) is 13.7. The van der Waals surface area contributed by atoms with Crippen molar-refractivity contribution in [2.75, 3.05) is 19.5 Å². The molecule has 2 N–H and O–H groups in total. The van der Waals surface area contributed by atoms with Crippen molar-refractivity contribution in [1.82, 2.24) is 10.2 Å². The Morgan fingerprint density at radius 3 is 2.63 bits per heavy atom. The second kappa shape index (κ2) is 6.13. The van der Waals surface area contributed by atoms with Gasteiger partial charge in [0.1, 0.15) is 0 Å². The third kappa shape index (κ3) is 2.99. The average Bonchev–Trinajstić information content (AvgIpc) is 2.97. The minimum atomic E-state index is 0.206. The third-order valence-electron chi connectivity index (χ3n) is 3.06. The van der Waals surface area contributed by atoms with E-state index in [9.17, 15) is 0 Å². The highest BCUT2D eigenvalue weighted by atomic mass is 16.5. The Kier molecular flexibility index (Phi) is 4.28. The maximum absolute atomic E-state index is 5.34. The van der Waals surface area contributed by atoms with E-state index in [0.717, 1.165) is 29.2 Å². The monoisotopic (exact) mass is 261 g/mol. The molecule has 0 aliphatic carbocycles. The lowest BCUT2D eigenvalue weighted by Gasteiger charge is -2.19. The molecule has 0 saturated heterocycles. The van der Waals surface area contributed by atoms with Crippen LogP contribution in [0.2, 0.25) is 0 Å². The average molecular weight is 261 g/mol. The molecule has 5 nitrogen and oxygen atoms in total. The Morgan fingerprint density at radius 1 is 1.26 bits per heavy atom. The molecule has 1 heterocycles. The molecule has 0 spiro atoms. The van der Waals surface area contributed by atoms with E-state index in [1.807, 2.05) is 24.4 Å². The van der Waals surface area contributed by atoms with Gasteiger partial charge in [0.05, 0.1) is 32.1 Å². The van der Waals surface area contributed by atoms with Crippen molar-refractivity contribution in [1.29, 1.82) is 0 Å². The summed E-state index contributed by atoms with van der Waals surface area (Å²) in [4.78, 5) is 0. The van der Waals surface area contributed by atoms with Gasteiger partial charge in [0.15, 0.2) is 11.5 Å². The second-order valence-electron chi connectivity index (χ2n) is 4.21. The molecule has 0 amide bonds. The van der Waals surface area contributed by atoms with Gasteiger partial charge in [0.2, 0.25) is 0 Å². The van der Waals surface area contributed by atoms with Crippen LogP contribution in [0.25, 0.3) is 0 Å². The van der Waals surface area contributed by atoms with Crippen LogP contribution < -0.4 is 14.8 Å². The first-order chi connectivity index (χ1) is 9.28. The molecule has 5 heteroatoms. The molecule has 0 radical (unpaired) electrons. The Morgan fingerprint density at radius 2 is 2.05 bits per heavy atom. The topological polar surface area (TPSA) is 59.2 Å². The normalized spacial score (nSPS) is 11.9. The van der Waals surface area contributed by atoms with Crippen molar-refractivity contribution in [2.45, 2.75) is 19.4 Å². The smallest absolute Gasteiger partial charge is 0.161 e. The number of methoxy groups -OCH3 is 2. The van der Waals surface area contributed by atoms with E-state index in [0.29, 0.717) is 0 Å². The highest BCUT2D eigenvalue weighted by Gasteiger charge is 2.13. The van der Waals surface area contributed by atoms with Crippen LogP contribution in [0.15, 0.2) is 30.6 Å². The molecular formula is C14H19N3O2. The number of aromatic nitrogens is 2. The minimum absolute atomic E-state index is 0.206. The summed E-state index contributed by atoms with van der Waals surface area (Å²) >= 11 is 0. The molecule has 0 bridgehead atoms. The molecular weight excluding hydrogens is 242 g/mol. The van der Waals surface area contributed by atoms with Crippen LogP contribution in [-0.2, 0) is 0 Å². The highest BCUT2D eigenvalue weighted by Crippen LogP contribution is 2.32. The van der Waals surface area contributed by atoms with Crippen LogP contribution in [0.5, 0.6) is 11.5 Å². The summed E-state index contributed by atoms with van der Waals surface area (Å²) in [5, 5.41) is 10.2. The first-order valence-corrected chi connectivity index (χ1v) is 6.25. The van der Waals surface area contributed by atoms with Crippen molar-refractivity contribution in [3.8, 4) is 11.5 Å². The molecule has 102 valence electrons. The van der Waals surface area contributed by atoms with Crippen LogP contribution in [0, 0.1) is 0 Å². The van der Waals surface area contributed by atoms with Crippen molar-refractivity contribution < 1.29 is 9.47 Å². The van der Waals surface area contributed by atoms with Gasteiger partial charge in [-0.3, -0.25) is 5.10 Å². The molecule has 1 atom stereocenters. The van der Waals surface area contributed by atoms with E-state index in [1.165, 1.54) is 0 Å². The largest absolute Gasteiger partial charge is 0.493 e. The maximum atomic E-state index is 5.34. The molecule has 0 aliphatic rings. The van der Waals surface area contributed by atoms with Gasteiger partial charge in [0.25, 0.3) is 0 Å². The molecule has 19 heavy (non-hydrogen) atoms. The molecule has 1 unspecified atom stereocenters. The Bertz CT molecular complexity index is 511. The number of benzene rings is 1. The van der Waals surface area contributed by atoms with E-state index in [-0.39, 0.29) is 6.04 Å². The maximum Gasteiger partial charge on any atom is 0.161 e. The molecule has 1 aromatic carbocycles. The molecule has 2 rings (SSSR count). The van der Waals surface area contributed by atoms with Gasteiger partial charge in [-0.1, -0.05) is 13.0 Å². The van der Waals surface area contributed by atoms with Gasteiger partial charge < -0.3 is 14.8 Å². The number of ether oxygens (including phenoxy) is 2. The lowest BCUT2D eigenvalue weighted by molar-refractivity contribution is 0.354. The summed E-state index contributed by atoms with van der Waals surface area (Å²) < 4.78 is 10.6. The lowest BCUT2D eigenvalue weighted by atomic mass is 10.0. The first kappa shape index (κ1) is 13.3. The van der Waals surface area contributed by atoms with E-state index in [2.05, 4.69) is 22.4 Å². The summed E-state index contributed by atoms with van der Waals surface area (Å²) in [5.74, 6) is 1.48. The van der Waals surface area contributed by atoms with Gasteiger partial charge in [-0.05, 0) is 24.1 Å². The predicted octanol–water partition coefficient (Wildman–Crippen LogP) is 2.99. The quantitative estimate of drug-likeness (QED) is 0.839. The van der Waals surface area contributed by atoms with Crippen LogP contribution in [0.3, 0.4) is 0 Å². The van der Waals surface area contributed by atoms with Crippen molar-refractivity contribution in [3.05, 3.63) is 36.2 Å². The SMILES string of the molecule is CCC(Nc1cn[nH]c1)c1ccc(OC)c(OC)c1. The molecule has 1 aromatic heterocycles. The third-order valence-corrected chi connectivity index (χ3v) is 3.06. The number of anilines is 1. The molecule has 0 aliphatic heterocycles. The van der Waals surface area contributed by atoms with Gasteiger partial charge >= 0.3 is 0 Å². The summed E-state index contributed by atoms with van der Waals surface area (Å²) in [6.45, 7) is 2.13. The molecule has 0 fully saturated rings. The van der Waals surface area contributed by atoms with Crippen LogP contribution in [0.1, 0.15) is 24.9 Å². The molecule has 0 saturated carbocycles. The van der Waals surface area contributed by atoms with E-state index in [1.54, 1.807) is 20.4 Å². The number of hydrogen-bond donors (Lipinski definition) is 2. The van der Waals surface area contributed by atoms with Crippen molar-refractivity contribution >= 4 is 5.69 Å². The number of nitrogens with zero attached hydrogens (tertiary/aromatic N) is 1. The number of nitrogens with one attached hydrogen (secondary N) is 2. The van der Waals surface area contributed by atoms with Gasteiger partial charge in [-0.15, -0.1) is 0 Å². The Hall–Kier alpha value is -2.17. The van der Waals surface area contributed by atoms with Gasteiger partial charge in [-0.2, -0.15) is 5.10 Å². The fraction of sp³-hybridized carbons (Fsp3) is 0.357. The first-order valence-electron chi connectivity index (χ1n) is 6.25. The predicted molar refractivity (Wildman–Crippen MR) is 74.8 cm³/mol. The zero-order valence-electron chi connectivity index (χ0n) is 11.4. The van der Waals surface area contributed by atoms with Crippen molar-refractivity contribution in [2.24, 2.45) is 0 Å². The zero-order valence-corrected chi connectivity index (χ0v) is 11.4. The van der Waals surface area contributed by atoms with E-state index < -0.39 is 0 Å². The Balaban J connectivity index is 2.23. The number of H-pyrrole nitrogens is 1. The van der Waals surface area contributed by atoms with Gasteiger partial charge in [-0.25, -0.2) is 0 Å². The number of hydrogen-bond acceptors (Lipinski definition) is 4. The number of rotatable bonds is 6. The summed E-state index contributed by atoms with van der Waals surface area (Å²) in [5.41, 5.74) is 2.13. The summed E-state index contributed by atoms with van der Waals surface area (Å²) in [6.07, 6.45) is 4.56. The highest BCUT2D eigenvalue weighted by molar-refractivity contribution is 5.47. The van der Waals surface area contributed by atoms with Gasteiger partial charge in [0, 0.05) is 6.20 Å². The van der Waals surface area contributed by atoms with Crippen LogP contribution >= 0.6 is 0 Å². The van der Waals surface area contributed by atoms with E-state index >= 15 is 0 Å². The fourth-order valence-electron chi connectivity index (χ4n) is 2.02. The number of aromatic amines is 1. The van der Waals surface area contributed by atoms with Crippen LogP contribution in [0.4, 0.5) is 5.69 Å². The van der Waals surface area contributed by atoms with E-state index in [4.69, 9.17) is 9.47 Å². The minimum Gasteiger partial charge on any atom is -0.493 e. The standard InChI is InChI=1S/C14H19N3O2/c1-4-12(17-11-8-15-16-9-11)10-5-6-13(18-2)14(7-10)19-3/h5-9,12,17H,4H2,1-3H3,(H,15,16). The molecule has 2 aromatic rings.